The van der Waals surface area contributed by atoms with E-state index < -0.39 is 0 Å². The van der Waals surface area contributed by atoms with Gasteiger partial charge in [0.05, 0.1) is 0 Å². The number of hydrogen-bond donors (Lipinski definition) is 1. The molecule has 0 saturated carbocycles. The Balaban J connectivity index is 2.13. The molecule has 0 radical (unpaired) electrons. The Labute approximate surface area is 105 Å². The number of ether oxygens (including phenoxy) is 1. The molecular formula is C14H15FN2O. The van der Waals surface area contributed by atoms with Gasteiger partial charge in [-0.25, -0.2) is 4.39 Å². The van der Waals surface area contributed by atoms with Gasteiger partial charge >= 0.3 is 0 Å². The molecule has 0 aliphatic heterocycles. The minimum absolute atomic E-state index is 0.291. The van der Waals surface area contributed by atoms with Crippen LogP contribution in [0.5, 0.6) is 5.75 Å². The molecule has 18 heavy (non-hydrogen) atoms. The summed E-state index contributed by atoms with van der Waals surface area (Å²) in [4.78, 5) is 3.92. The lowest BCUT2D eigenvalue weighted by molar-refractivity contribution is 0.287. The van der Waals surface area contributed by atoms with Crippen LogP contribution in [0.4, 0.5) is 4.39 Å². The van der Waals surface area contributed by atoms with Gasteiger partial charge in [-0.2, -0.15) is 0 Å². The summed E-state index contributed by atoms with van der Waals surface area (Å²) in [6, 6.07) is 8.56. The van der Waals surface area contributed by atoms with Crippen LogP contribution in [0, 0.1) is 5.82 Å². The van der Waals surface area contributed by atoms with Crippen molar-refractivity contribution >= 4 is 0 Å². The van der Waals surface area contributed by atoms with Crippen LogP contribution in [0.15, 0.2) is 42.7 Å². The molecule has 4 heteroatoms. The lowest BCUT2D eigenvalue weighted by Gasteiger charge is -2.11. The number of para-hydroxylation sites is 1. The quantitative estimate of drug-likeness (QED) is 0.880. The van der Waals surface area contributed by atoms with Gasteiger partial charge in [0.2, 0.25) is 0 Å². The van der Waals surface area contributed by atoms with Crippen molar-refractivity contribution in [3.63, 3.8) is 0 Å². The van der Waals surface area contributed by atoms with Gasteiger partial charge in [0.15, 0.2) is 11.6 Å². The zero-order valence-corrected chi connectivity index (χ0v) is 9.97. The topological polar surface area (TPSA) is 48.1 Å². The molecule has 0 unspecified atom stereocenters. The number of halogens is 1. The Bertz CT molecular complexity index is 502. The average molecular weight is 246 g/mol. The van der Waals surface area contributed by atoms with E-state index in [0.29, 0.717) is 25.3 Å². The molecule has 94 valence electrons. The van der Waals surface area contributed by atoms with Crippen molar-refractivity contribution in [3.05, 3.63) is 59.7 Å². The van der Waals surface area contributed by atoms with E-state index in [1.165, 1.54) is 6.07 Å². The maximum atomic E-state index is 13.7. The summed E-state index contributed by atoms with van der Waals surface area (Å²) in [5, 5.41) is 0. The molecule has 0 atom stereocenters. The summed E-state index contributed by atoms with van der Waals surface area (Å²) < 4.78 is 19.2. The first kappa shape index (κ1) is 12.5. The standard InChI is InChI=1S/C14H15FN2O/c15-13-3-1-2-12(4-7-16)14(13)18-10-11-5-8-17-9-6-11/h1-3,5-6,8-9H,4,7,10,16H2. The molecule has 0 fully saturated rings. The van der Waals surface area contributed by atoms with Crippen molar-refractivity contribution in [1.82, 2.24) is 4.98 Å². The summed E-state index contributed by atoms with van der Waals surface area (Å²) in [5.74, 6) is -0.0604. The van der Waals surface area contributed by atoms with Gasteiger partial charge in [-0.1, -0.05) is 12.1 Å². The lowest BCUT2D eigenvalue weighted by atomic mass is 10.1. The Hall–Kier alpha value is -1.94. The maximum absolute atomic E-state index is 13.7. The molecule has 0 saturated heterocycles. The van der Waals surface area contributed by atoms with Crippen LogP contribution in [-0.2, 0) is 13.0 Å². The van der Waals surface area contributed by atoms with Crippen LogP contribution >= 0.6 is 0 Å². The molecule has 2 rings (SSSR count). The predicted octanol–water partition coefficient (Wildman–Crippen LogP) is 2.30. The molecule has 0 aliphatic carbocycles. The van der Waals surface area contributed by atoms with Gasteiger partial charge in [-0.15, -0.1) is 0 Å². The Morgan fingerprint density at radius 2 is 1.94 bits per heavy atom. The van der Waals surface area contributed by atoms with E-state index in [2.05, 4.69) is 4.98 Å². The summed E-state index contributed by atoms with van der Waals surface area (Å²) in [5.41, 5.74) is 7.25. The molecule has 1 heterocycles. The first-order chi connectivity index (χ1) is 8.81. The van der Waals surface area contributed by atoms with Crippen molar-refractivity contribution in [3.8, 4) is 5.75 Å². The van der Waals surface area contributed by atoms with Crippen molar-refractivity contribution in [2.45, 2.75) is 13.0 Å². The van der Waals surface area contributed by atoms with Gasteiger partial charge in [0, 0.05) is 12.4 Å². The first-order valence-electron chi connectivity index (χ1n) is 5.80. The fraction of sp³-hybridized carbons (Fsp3) is 0.214. The van der Waals surface area contributed by atoms with Gasteiger partial charge in [0.25, 0.3) is 0 Å². The van der Waals surface area contributed by atoms with Crippen LogP contribution in [0.25, 0.3) is 0 Å². The zero-order chi connectivity index (χ0) is 12.8. The smallest absolute Gasteiger partial charge is 0.165 e. The van der Waals surface area contributed by atoms with Crippen LogP contribution in [-0.4, -0.2) is 11.5 Å². The fourth-order valence-corrected chi connectivity index (χ4v) is 1.70. The highest BCUT2D eigenvalue weighted by Gasteiger charge is 2.09. The van der Waals surface area contributed by atoms with Crippen molar-refractivity contribution in [2.24, 2.45) is 5.73 Å². The van der Waals surface area contributed by atoms with E-state index in [4.69, 9.17) is 10.5 Å². The Morgan fingerprint density at radius 3 is 2.67 bits per heavy atom. The second kappa shape index (κ2) is 6.12. The van der Waals surface area contributed by atoms with E-state index in [-0.39, 0.29) is 5.82 Å². The molecular weight excluding hydrogens is 231 g/mol. The molecule has 2 N–H and O–H groups in total. The Kier molecular flexibility index (Phi) is 4.25. The molecule has 0 spiro atoms. The zero-order valence-electron chi connectivity index (χ0n) is 9.97. The SMILES string of the molecule is NCCc1cccc(F)c1OCc1ccncc1. The number of rotatable bonds is 5. The number of aromatic nitrogens is 1. The minimum Gasteiger partial charge on any atom is -0.486 e. The van der Waals surface area contributed by atoms with Crippen molar-refractivity contribution in [2.75, 3.05) is 6.54 Å². The predicted molar refractivity (Wildman–Crippen MR) is 67.7 cm³/mol. The van der Waals surface area contributed by atoms with E-state index in [9.17, 15) is 4.39 Å². The summed E-state index contributed by atoms with van der Waals surface area (Å²) in [6.07, 6.45) is 3.96. The first-order valence-corrected chi connectivity index (χ1v) is 5.80. The highest BCUT2D eigenvalue weighted by molar-refractivity contribution is 5.35. The molecule has 1 aromatic heterocycles. The third-order valence-corrected chi connectivity index (χ3v) is 2.59. The molecule has 0 bridgehead atoms. The Morgan fingerprint density at radius 1 is 1.17 bits per heavy atom. The minimum atomic E-state index is -0.352. The normalized spacial score (nSPS) is 10.3. The number of benzene rings is 1. The number of nitrogens with zero attached hydrogens (tertiary/aromatic N) is 1. The van der Waals surface area contributed by atoms with Crippen LogP contribution in [0.3, 0.4) is 0 Å². The third kappa shape index (κ3) is 3.05. The van der Waals surface area contributed by atoms with E-state index >= 15 is 0 Å². The highest BCUT2D eigenvalue weighted by atomic mass is 19.1. The average Bonchev–Trinajstić information content (AvgIpc) is 2.40. The summed E-state index contributed by atoms with van der Waals surface area (Å²) >= 11 is 0. The van der Waals surface area contributed by atoms with Gasteiger partial charge in [-0.3, -0.25) is 4.98 Å². The second-order valence-electron chi connectivity index (χ2n) is 3.91. The number of pyridine rings is 1. The summed E-state index contributed by atoms with van der Waals surface area (Å²) in [6.45, 7) is 0.788. The van der Waals surface area contributed by atoms with E-state index in [1.807, 2.05) is 18.2 Å². The maximum Gasteiger partial charge on any atom is 0.165 e. The molecule has 0 aliphatic rings. The van der Waals surface area contributed by atoms with Crippen molar-refractivity contribution < 1.29 is 9.13 Å². The van der Waals surface area contributed by atoms with Crippen molar-refractivity contribution in [1.29, 1.82) is 0 Å². The third-order valence-electron chi connectivity index (χ3n) is 2.59. The molecule has 2 aromatic rings. The van der Waals surface area contributed by atoms with Gasteiger partial charge in [0.1, 0.15) is 6.61 Å². The van der Waals surface area contributed by atoms with E-state index in [0.717, 1.165) is 11.1 Å². The van der Waals surface area contributed by atoms with Crippen LogP contribution in [0.2, 0.25) is 0 Å². The highest BCUT2D eigenvalue weighted by Crippen LogP contribution is 2.23. The van der Waals surface area contributed by atoms with Crippen LogP contribution in [0.1, 0.15) is 11.1 Å². The lowest BCUT2D eigenvalue weighted by Crippen LogP contribution is -2.06. The molecule has 1 aromatic carbocycles. The molecule has 0 amide bonds. The van der Waals surface area contributed by atoms with Crippen LogP contribution < -0.4 is 10.5 Å². The fourth-order valence-electron chi connectivity index (χ4n) is 1.70. The van der Waals surface area contributed by atoms with Gasteiger partial charge in [-0.05, 0) is 42.3 Å². The number of nitrogens with two attached hydrogens (primary N) is 1. The largest absolute Gasteiger partial charge is 0.486 e. The monoisotopic (exact) mass is 246 g/mol. The van der Waals surface area contributed by atoms with Gasteiger partial charge < -0.3 is 10.5 Å². The second-order valence-corrected chi connectivity index (χ2v) is 3.91. The van der Waals surface area contributed by atoms with E-state index in [1.54, 1.807) is 18.5 Å². The summed E-state index contributed by atoms with van der Waals surface area (Å²) in [7, 11) is 0. The molecule has 3 nitrogen and oxygen atoms in total. The number of hydrogen-bond acceptors (Lipinski definition) is 3.